The van der Waals surface area contributed by atoms with Crippen molar-refractivity contribution < 1.29 is 36.7 Å². The van der Waals surface area contributed by atoms with Crippen LogP contribution in [0.4, 0.5) is 22.0 Å². The van der Waals surface area contributed by atoms with E-state index >= 15 is 0 Å². The van der Waals surface area contributed by atoms with Crippen LogP contribution in [0.2, 0.25) is 0 Å². The Balaban J connectivity index is 3.04. The van der Waals surface area contributed by atoms with Gasteiger partial charge in [-0.2, -0.15) is 13.2 Å². The first-order valence-electron chi connectivity index (χ1n) is 4.25. The summed E-state index contributed by atoms with van der Waals surface area (Å²) in [5.74, 6) is -3.65. The van der Waals surface area contributed by atoms with Crippen molar-refractivity contribution in [3.8, 4) is 5.75 Å². The fourth-order valence-electron chi connectivity index (χ4n) is 1.08. The van der Waals surface area contributed by atoms with Gasteiger partial charge in [-0.3, -0.25) is 0 Å². The summed E-state index contributed by atoms with van der Waals surface area (Å²) < 4.78 is 65.4. The molecule has 17 heavy (non-hydrogen) atoms. The van der Waals surface area contributed by atoms with Crippen LogP contribution in [0.1, 0.15) is 0 Å². The van der Waals surface area contributed by atoms with Gasteiger partial charge in [-0.15, -0.1) is 0 Å². The molecule has 94 valence electrons. The molecule has 9 heteroatoms. The zero-order chi connectivity index (χ0) is 13.2. The van der Waals surface area contributed by atoms with Gasteiger partial charge in [0.15, 0.2) is 18.2 Å². The van der Waals surface area contributed by atoms with Crippen LogP contribution in [0.25, 0.3) is 0 Å². The fraction of sp³-hybridized carbons (Fsp3) is 0.250. The number of hydrogen-bond donors (Lipinski definition) is 2. The van der Waals surface area contributed by atoms with E-state index in [2.05, 4.69) is 4.74 Å². The molecule has 0 heterocycles. The Hall–Kier alpha value is -1.35. The Bertz CT molecular complexity index is 407. The maximum Gasteiger partial charge on any atom is 0.492 e. The Kier molecular flexibility index (Phi) is 3.94. The van der Waals surface area contributed by atoms with Crippen LogP contribution in [-0.4, -0.2) is 29.9 Å². The first-order valence-corrected chi connectivity index (χ1v) is 4.25. The predicted molar refractivity (Wildman–Crippen MR) is 47.7 cm³/mol. The lowest BCUT2D eigenvalue weighted by Gasteiger charge is -2.13. The highest BCUT2D eigenvalue weighted by atomic mass is 19.4. The molecule has 0 radical (unpaired) electrons. The summed E-state index contributed by atoms with van der Waals surface area (Å²) in [6.45, 7) is -1.82. The summed E-state index contributed by atoms with van der Waals surface area (Å²) in [6, 6.07) is 0.747. The number of halogens is 5. The largest absolute Gasteiger partial charge is 0.492 e. The second-order valence-electron chi connectivity index (χ2n) is 3.08. The minimum Gasteiger partial charge on any atom is -0.481 e. The van der Waals surface area contributed by atoms with Crippen molar-refractivity contribution >= 4 is 12.6 Å². The molecule has 0 atom stereocenters. The van der Waals surface area contributed by atoms with Gasteiger partial charge >= 0.3 is 13.3 Å². The Morgan fingerprint density at radius 2 is 1.76 bits per heavy atom. The Labute approximate surface area is 92.6 Å². The molecule has 0 bridgehead atoms. The SMILES string of the molecule is OB(O)c1cc(F)cc(F)c1OCC(F)(F)F. The third-order valence-electron chi connectivity index (χ3n) is 1.70. The van der Waals surface area contributed by atoms with Crippen LogP contribution in [0.3, 0.4) is 0 Å². The molecule has 1 aromatic rings. The van der Waals surface area contributed by atoms with Crippen molar-refractivity contribution in [3.63, 3.8) is 0 Å². The van der Waals surface area contributed by atoms with Crippen molar-refractivity contribution in [1.82, 2.24) is 0 Å². The lowest BCUT2D eigenvalue weighted by molar-refractivity contribution is -0.153. The first kappa shape index (κ1) is 13.7. The second-order valence-corrected chi connectivity index (χ2v) is 3.08. The van der Waals surface area contributed by atoms with Crippen LogP contribution < -0.4 is 10.2 Å². The van der Waals surface area contributed by atoms with Crippen LogP contribution in [-0.2, 0) is 0 Å². The van der Waals surface area contributed by atoms with E-state index in [1.807, 2.05) is 0 Å². The summed E-state index contributed by atoms with van der Waals surface area (Å²) >= 11 is 0. The van der Waals surface area contributed by atoms with Gasteiger partial charge in [0.1, 0.15) is 5.82 Å². The zero-order valence-electron chi connectivity index (χ0n) is 8.13. The molecule has 1 rings (SSSR count). The van der Waals surface area contributed by atoms with Gasteiger partial charge in [0.25, 0.3) is 0 Å². The molecule has 0 aliphatic carbocycles. The Morgan fingerprint density at radius 1 is 1.18 bits per heavy atom. The van der Waals surface area contributed by atoms with Gasteiger partial charge < -0.3 is 14.8 Å². The predicted octanol–water partition coefficient (Wildman–Crippen LogP) is 0.586. The summed E-state index contributed by atoms with van der Waals surface area (Å²) in [7, 11) is -2.34. The highest BCUT2D eigenvalue weighted by Crippen LogP contribution is 2.20. The summed E-state index contributed by atoms with van der Waals surface area (Å²) in [4.78, 5) is 0. The number of hydrogen-bond acceptors (Lipinski definition) is 3. The summed E-state index contributed by atoms with van der Waals surface area (Å²) in [6.07, 6.45) is -4.72. The molecule has 0 aliphatic heterocycles. The van der Waals surface area contributed by atoms with E-state index < -0.39 is 42.7 Å². The lowest BCUT2D eigenvalue weighted by atomic mass is 9.79. The van der Waals surface area contributed by atoms with Crippen LogP contribution in [0.15, 0.2) is 12.1 Å². The molecule has 0 aliphatic rings. The molecule has 0 unspecified atom stereocenters. The molecular formula is C8H6BF5O3. The van der Waals surface area contributed by atoms with E-state index in [1.165, 1.54) is 0 Å². The van der Waals surface area contributed by atoms with Crippen molar-refractivity contribution in [2.45, 2.75) is 6.18 Å². The monoisotopic (exact) mass is 256 g/mol. The van der Waals surface area contributed by atoms with Crippen molar-refractivity contribution in [2.75, 3.05) is 6.61 Å². The van der Waals surface area contributed by atoms with E-state index in [0.29, 0.717) is 6.07 Å². The molecule has 0 spiro atoms. The number of rotatable bonds is 3. The molecule has 0 fully saturated rings. The standard InChI is InChI=1S/C8H6BF5O3/c10-4-1-5(9(15)16)7(6(11)2-4)17-3-8(12,13)14/h1-2,15-16H,3H2. The highest BCUT2D eigenvalue weighted by Gasteiger charge is 2.31. The molecule has 0 saturated carbocycles. The smallest absolute Gasteiger partial charge is 0.481 e. The summed E-state index contributed by atoms with van der Waals surface area (Å²) in [5.41, 5.74) is -0.813. The minimum absolute atomic E-state index is 0.275. The van der Waals surface area contributed by atoms with Crippen molar-refractivity contribution in [1.29, 1.82) is 0 Å². The first-order chi connectivity index (χ1) is 7.70. The van der Waals surface area contributed by atoms with Gasteiger partial charge in [0, 0.05) is 11.5 Å². The van der Waals surface area contributed by atoms with Gasteiger partial charge in [-0.05, 0) is 6.07 Å². The average Bonchev–Trinajstić information content (AvgIpc) is 2.13. The maximum atomic E-state index is 13.1. The van der Waals surface area contributed by atoms with E-state index in [9.17, 15) is 22.0 Å². The molecule has 1 aromatic carbocycles. The number of alkyl halides is 3. The number of benzene rings is 1. The third-order valence-corrected chi connectivity index (χ3v) is 1.70. The quantitative estimate of drug-likeness (QED) is 0.614. The van der Waals surface area contributed by atoms with Gasteiger partial charge in [-0.25, -0.2) is 8.78 Å². The second kappa shape index (κ2) is 4.88. The van der Waals surface area contributed by atoms with E-state index in [4.69, 9.17) is 10.0 Å². The molecular weight excluding hydrogens is 250 g/mol. The van der Waals surface area contributed by atoms with Gasteiger partial charge in [0.2, 0.25) is 0 Å². The Morgan fingerprint density at radius 3 is 2.24 bits per heavy atom. The van der Waals surface area contributed by atoms with Crippen LogP contribution >= 0.6 is 0 Å². The van der Waals surface area contributed by atoms with E-state index in [0.717, 1.165) is 0 Å². The average molecular weight is 256 g/mol. The molecule has 0 aromatic heterocycles. The van der Waals surface area contributed by atoms with Gasteiger partial charge in [0.05, 0.1) is 0 Å². The molecule has 0 amide bonds. The highest BCUT2D eigenvalue weighted by molar-refractivity contribution is 6.59. The maximum absolute atomic E-state index is 13.1. The fourth-order valence-corrected chi connectivity index (χ4v) is 1.08. The minimum atomic E-state index is -4.72. The number of ether oxygens (including phenoxy) is 1. The molecule has 2 N–H and O–H groups in total. The van der Waals surface area contributed by atoms with Crippen molar-refractivity contribution in [2.24, 2.45) is 0 Å². The van der Waals surface area contributed by atoms with Crippen molar-refractivity contribution in [3.05, 3.63) is 23.8 Å². The molecule has 3 nitrogen and oxygen atoms in total. The van der Waals surface area contributed by atoms with Crippen LogP contribution in [0, 0.1) is 11.6 Å². The van der Waals surface area contributed by atoms with E-state index in [1.54, 1.807) is 0 Å². The normalized spacial score (nSPS) is 11.5. The van der Waals surface area contributed by atoms with Crippen LogP contribution in [0.5, 0.6) is 5.75 Å². The van der Waals surface area contributed by atoms with Gasteiger partial charge in [-0.1, -0.05) is 0 Å². The zero-order valence-corrected chi connectivity index (χ0v) is 8.13. The lowest BCUT2D eigenvalue weighted by Crippen LogP contribution is -2.34. The van der Waals surface area contributed by atoms with E-state index in [-0.39, 0.29) is 6.07 Å². The third kappa shape index (κ3) is 3.86. The summed E-state index contributed by atoms with van der Waals surface area (Å²) in [5, 5.41) is 17.5. The topological polar surface area (TPSA) is 49.7 Å². The molecule has 0 saturated heterocycles.